The molecule has 64 valence electrons. The van der Waals surface area contributed by atoms with Crippen LogP contribution < -0.4 is 5.32 Å². The van der Waals surface area contributed by atoms with Crippen molar-refractivity contribution in [2.75, 3.05) is 6.54 Å². The molecule has 0 radical (unpaired) electrons. The topological polar surface area (TPSA) is 12.0 Å². The highest BCUT2D eigenvalue weighted by atomic mass is 15.0. The van der Waals surface area contributed by atoms with Crippen molar-refractivity contribution in [1.29, 1.82) is 0 Å². The van der Waals surface area contributed by atoms with Gasteiger partial charge in [0.25, 0.3) is 0 Å². The monoisotopic (exact) mass is 153 g/mol. The van der Waals surface area contributed by atoms with E-state index in [9.17, 15) is 0 Å². The van der Waals surface area contributed by atoms with Crippen molar-refractivity contribution in [3.8, 4) is 0 Å². The average molecular weight is 153 g/mol. The maximum atomic E-state index is 3.66. The first kappa shape index (κ1) is 7.60. The lowest BCUT2D eigenvalue weighted by Crippen LogP contribution is -2.52. The second-order valence-electron chi connectivity index (χ2n) is 5.33. The molecular weight excluding hydrogens is 134 g/mol. The van der Waals surface area contributed by atoms with E-state index >= 15 is 0 Å². The third kappa shape index (κ3) is 1.10. The van der Waals surface area contributed by atoms with Crippen LogP contribution in [0.25, 0.3) is 0 Å². The van der Waals surface area contributed by atoms with E-state index in [1.807, 2.05) is 0 Å². The quantitative estimate of drug-likeness (QED) is 0.562. The van der Waals surface area contributed by atoms with E-state index in [0.29, 0.717) is 11.0 Å². The summed E-state index contributed by atoms with van der Waals surface area (Å²) in [7, 11) is 0. The molecule has 11 heavy (non-hydrogen) atoms. The molecule has 1 N–H and O–H groups in total. The molecule has 1 aliphatic carbocycles. The molecule has 2 rings (SSSR count). The van der Waals surface area contributed by atoms with Crippen molar-refractivity contribution >= 4 is 0 Å². The highest BCUT2D eigenvalue weighted by molar-refractivity contribution is 5.02. The maximum Gasteiger partial charge on any atom is 0.0153 e. The Morgan fingerprint density at radius 3 is 2.64 bits per heavy atom. The smallest absolute Gasteiger partial charge is 0.0153 e. The Bertz CT molecular complexity index is 174. The van der Waals surface area contributed by atoms with Crippen molar-refractivity contribution < 1.29 is 0 Å². The van der Waals surface area contributed by atoms with E-state index in [1.54, 1.807) is 0 Å². The SMILES string of the molecule is CC1(C)NC[C@]2(C)CC[C@H]1C2. The molecule has 2 fully saturated rings. The standard InChI is InChI=1S/C10H19N/c1-9(2)8-4-5-10(3,6-8)7-11-9/h8,11H,4-7H2,1-3H3/t8-,10+/m0/s1. The summed E-state index contributed by atoms with van der Waals surface area (Å²) in [6.45, 7) is 8.36. The fourth-order valence-electron chi connectivity index (χ4n) is 2.68. The lowest BCUT2D eigenvalue weighted by atomic mass is 9.77. The summed E-state index contributed by atoms with van der Waals surface area (Å²) in [5.74, 6) is 0.932. The van der Waals surface area contributed by atoms with Gasteiger partial charge in [-0.15, -0.1) is 0 Å². The number of rotatable bonds is 0. The highest BCUT2D eigenvalue weighted by Crippen LogP contribution is 2.48. The molecule has 0 aromatic heterocycles. The molecular formula is C10H19N. The summed E-state index contributed by atoms with van der Waals surface area (Å²) >= 11 is 0. The molecule has 1 nitrogen and oxygen atoms in total. The molecule has 0 aromatic rings. The molecule has 1 saturated heterocycles. The number of fused-ring (bicyclic) bond motifs is 2. The van der Waals surface area contributed by atoms with Gasteiger partial charge in [0.2, 0.25) is 0 Å². The van der Waals surface area contributed by atoms with Crippen LogP contribution in [0.4, 0.5) is 0 Å². The summed E-state index contributed by atoms with van der Waals surface area (Å²) in [4.78, 5) is 0. The van der Waals surface area contributed by atoms with Gasteiger partial charge in [0, 0.05) is 12.1 Å². The first-order valence-corrected chi connectivity index (χ1v) is 4.77. The Morgan fingerprint density at radius 2 is 2.00 bits per heavy atom. The first-order valence-electron chi connectivity index (χ1n) is 4.77. The summed E-state index contributed by atoms with van der Waals surface area (Å²) in [5.41, 5.74) is 1.05. The van der Waals surface area contributed by atoms with Crippen LogP contribution in [0, 0.1) is 11.3 Å². The molecule has 2 atom stereocenters. The van der Waals surface area contributed by atoms with Gasteiger partial charge in [-0.2, -0.15) is 0 Å². The van der Waals surface area contributed by atoms with Crippen LogP contribution in [-0.2, 0) is 0 Å². The second kappa shape index (κ2) is 2.01. The molecule has 0 aromatic carbocycles. The van der Waals surface area contributed by atoms with Gasteiger partial charge in [0.15, 0.2) is 0 Å². The van der Waals surface area contributed by atoms with Crippen LogP contribution in [0.1, 0.15) is 40.0 Å². The van der Waals surface area contributed by atoms with Crippen molar-refractivity contribution in [3.63, 3.8) is 0 Å². The van der Waals surface area contributed by atoms with E-state index in [-0.39, 0.29) is 0 Å². The van der Waals surface area contributed by atoms with E-state index < -0.39 is 0 Å². The Kier molecular flexibility index (Phi) is 1.39. The van der Waals surface area contributed by atoms with Crippen LogP contribution in [0.2, 0.25) is 0 Å². The third-order valence-electron chi connectivity index (χ3n) is 3.83. The minimum absolute atomic E-state index is 0.413. The Balaban J connectivity index is 2.19. The molecule has 1 saturated carbocycles. The number of hydrogen-bond donors (Lipinski definition) is 1. The normalized spacial score (nSPS) is 47.7. The Labute approximate surface area is 69.6 Å². The number of piperidine rings is 1. The molecule has 1 heteroatoms. The summed E-state index contributed by atoms with van der Waals surface area (Å²) in [6, 6.07) is 0. The minimum atomic E-state index is 0.413. The van der Waals surface area contributed by atoms with E-state index in [0.717, 1.165) is 5.92 Å². The van der Waals surface area contributed by atoms with Gasteiger partial charge < -0.3 is 5.32 Å². The zero-order valence-electron chi connectivity index (χ0n) is 7.91. The van der Waals surface area contributed by atoms with Gasteiger partial charge in [-0.3, -0.25) is 0 Å². The lowest BCUT2D eigenvalue weighted by Gasteiger charge is -2.41. The lowest BCUT2D eigenvalue weighted by molar-refractivity contribution is 0.153. The zero-order chi connectivity index (χ0) is 8.11. The van der Waals surface area contributed by atoms with Gasteiger partial charge in [0.1, 0.15) is 0 Å². The molecule has 0 unspecified atom stereocenters. The van der Waals surface area contributed by atoms with Crippen molar-refractivity contribution in [2.45, 2.75) is 45.6 Å². The summed E-state index contributed by atoms with van der Waals surface area (Å²) in [6.07, 6.45) is 4.33. The Morgan fingerprint density at radius 1 is 1.27 bits per heavy atom. The maximum absolute atomic E-state index is 3.66. The van der Waals surface area contributed by atoms with Gasteiger partial charge in [-0.25, -0.2) is 0 Å². The predicted molar refractivity (Wildman–Crippen MR) is 47.5 cm³/mol. The van der Waals surface area contributed by atoms with E-state index in [1.165, 1.54) is 25.8 Å². The fraction of sp³-hybridized carbons (Fsp3) is 1.00. The summed E-state index contributed by atoms with van der Waals surface area (Å²) < 4.78 is 0. The van der Waals surface area contributed by atoms with E-state index in [4.69, 9.17) is 0 Å². The van der Waals surface area contributed by atoms with Crippen LogP contribution in [-0.4, -0.2) is 12.1 Å². The molecule has 1 heterocycles. The van der Waals surface area contributed by atoms with Gasteiger partial charge in [-0.05, 0) is 44.4 Å². The van der Waals surface area contributed by atoms with Gasteiger partial charge >= 0.3 is 0 Å². The van der Waals surface area contributed by atoms with Crippen molar-refractivity contribution in [1.82, 2.24) is 5.32 Å². The van der Waals surface area contributed by atoms with Crippen LogP contribution in [0.15, 0.2) is 0 Å². The average Bonchev–Trinajstić information content (AvgIpc) is 2.25. The minimum Gasteiger partial charge on any atom is -0.311 e. The van der Waals surface area contributed by atoms with E-state index in [2.05, 4.69) is 26.1 Å². The third-order valence-corrected chi connectivity index (χ3v) is 3.83. The molecule has 1 aliphatic heterocycles. The van der Waals surface area contributed by atoms with Gasteiger partial charge in [0.05, 0.1) is 0 Å². The molecule has 0 spiro atoms. The van der Waals surface area contributed by atoms with Crippen LogP contribution >= 0.6 is 0 Å². The summed E-state index contributed by atoms with van der Waals surface area (Å²) in [5, 5.41) is 3.66. The van der Waals surface area contributed by atoms with Crippen molar-refractivity contribution in [2.24, 2.45) is 11.3 Å². The molecule has 2 aliphatic rings. The largest absolute Gasteiger partial charge is 0.311 e. The number of hydrogen-bond acceptors (Lipinski definition) is 1. The van der Waals surface area contributed by atoms with Crippen molar-refractivity contribution in [3.05, 3.63) is 0 Å². The van der Waals surface area contributed by atoms with Crippen LogP contribution in [0.3, 0.4) is 0 Å². The second-order valence-corrected chi connectivity index (χ2v) is 5.33. The molecule has 0 amide bonds. The molecule has 2 bridgehead atoms. The zero-order valence-corrected chi connectivity index (χ0v) is 7.91. The fourth-order valence-corrected chi connectivity index (χ4v) is 2.68. The highest BCUT2D eigenvalue weighted by Gasteiger charge is 2.46. The Hall–Kier alpha value is -0.0400. The van der Waals surface area contributed by atoms with Crippen LogP contribution in [0.5, 0.6) is 0 Å². The first-order chi connectivity index (χ1) is 5.02. The van der Waals surface area contributed by atoms with Gasteiger partial charge in [-0.1, -0.05) is 6.92 Å². The predicted octanol–water partition coefficient (Wildman–Crippen LogP) is 2.17. The number of nitrogens with one attached hydrogen (secondary N) is 1.